The van der Waals surface area contributed by atoms with Crippen LogP contribution in [0.2, 0.25) is 0 Å². The van der Waals surface area contributed by atoms with E-state index in [0.29, 0.717) is 44.8 Å². The summed E-state index contributed by atoms with van der Waals surface area (Å²) in [7, 11) is 0. The highest BCUT2D eigenvalue weighted by Gasteiger charge is 2.17. The lowest BCUT2D eigenvalue weighted by Gasteiger charge is -2.13. The number of rotatable bonds is 7. The van der Waals surface area contributed by atoms with E-state index in [1.165, 1.54) is 12.1 Å². The van der Waals surface area contributed by atoms with Crippen molar-refractivity contribution in [2.75, 3.05) is 0 Å². The molecule has 8 rings (SSSR count). The maximum atomic E-state index is 11.7. The third-order valence-electron chi connectivity index (χ3n) is 8.57. The molecule has 0 atom stereocenters. The summed E-state index contributed by atoms with van der Waals surface area (Å²) < 4.78 is 0. The Morgan fingerprint density at radius 2 is 0.640 bits per heavy atom. The van der Waals surface area contributed by atoms with Gasteiger partial charge in [-0.2, -0.15) is 0 Å². The molecule has 0 aliphatic rings. The maximum Gasteiger partial charge on any atom is 0.335 e. The number of aromatic nitrogens is 4. The fraction of sp³-hybridized carbons (Fsp3) is 0. The van der Waals surface area contributed by atoms with E-state index in [0.717, 1.165) is 33.4 Å². The lowest BCUT2D eigenvalue weighted by atomic mass is 9.98. The zero-order valence-electron chi connectivity index (χ0n) is 26.4. The van der Waals surface area contributed by atoms with Crippen molar-refractivity contribution in [1.29, 1.82) is 0 Å². The molecule has 50 heavy (non-hydrogen) atoms. The van der Waals surface area contributed by atoms with Crippen molar-refractivity contribution < 1.29 is 19.8 Å². The highest BCUT2D eigenvalue weighted by Crippen LogP contribution is 2.35. The summed E-state index contributed by atoms with van der Waals surface area (Å²) in [5, 5.41) is 19.1. The van der Waals surface area contributed by atoms with Gasteiger partial charge >= 0.3 is 11.9 Å². The number of fused-ring (bicyclic) bond motifs is 2. The summed E-state index contributed by atoms with van der Waals surface area (Å²) in [5.41, 5.74) is 10.8. The summed E-state index contributed by atoms with van der Waals surface area (Å²) >= 11 is 0. The van der Waals surface area contributed by atoms with Gasteiger partial charge in [-0.3, -0.25) is 0 Å². The number of carbonyl (C=O) groups is 2. The Kier molecular flexibility index (Phi) is 7.58. The molecule has 2 heterocycles. The molecule has 6 aromatic carbocycles. The maximum absolute atomic E-state index is 11.7. The number of hydrogen-bond donors (Lipinski definition) is 2. The first-order valence-electron chi connectivity index (χ1n) is 15.8. The van der Waals surface area contributed by atoms with Crippen LogP contribution in [0.1, 0.15) is 20.7 Å². The van der Waals surface area contributed by atoms with Gasteiger partial charge in [-0.1, -0.05) is 109 Å². The zero-order chi connectivity index (χ0) is 34.2. The molecule has 0 amide bonds. The monoisotopic (exact) mass is 650 g/mol. The van der Waals surface area contributed by atoms with Crippen molar-refractivity contribution in [1.82, 2.24) is 19.9 Å². The number of benzene rings is 6. The van der Waals surface area contributed by atoms with Crippen LogP contribution in [-0.4, -0.2) is 42.1 Å². The average Bonchev–Trinajstić information content (AvgIpc) is 3.17. The van der Waals surface area contributed by atoms with Crippen molar-refractivity contribution in [2.45, 2.75) is 0 Å². The van der Waals surface area contributed by atoms with Crippen LogP contribution in [0.25, 0.3) is 78.2 Å². The van der Waals surface area contributed by atoms with E-state index in [-0.39, 0.29) is 11.1 Å². The van der Waals surface area contributed by atoms with Crippen LogP contribution in [0.15, 0.2) is 146 Å². The Morgan fingerprint density at radius 3 is 0.980 bits per heavy atom. The molecular formula is C42H26N4O4. The summed E-state index contributed by atoms with van der Waals surface area (Å²) in [5.74, 6) is -2.04. The van der Waals surface area contributed by atoms with Gasteiger partial charge in [0.15, 0.2) is 0 Å². The van der Waals surface area contributed by atoms with Gasteiger partial charge < -0.3 is 10.2 Å². The van der Waals surface area contributed by atoms with E-state index in [9.17, 15) is 19.8 Å². The Morgan fingerprint density at radius 1 is 0.340 bits per heavy atom. The van der Waals surface area contributed by atoms with Gasteiger partial charge in [-0.05, 0) is 47.5 Å². The number of carboxylic acids is 2. The second-order valence-electron chi connectivity index (χ2n) is 11.7. The van der Waals surface area contributed by atoms with Gasteiger partial charge in [0.2, 0.25) is 0 Å². The first kappa shape index (κ1) is 30.3. The SMILES string of the molecule is O=C(O)c1ccc2nc(-c3ccccc3)c(-c3ccc(-c4ccc(-c5nc6cc(C(=O)O)ccc6nc5-c5ccccc5)cc4)cc3)nc2c1. The number of nitrogens with zero attached hydrogens (tertiary/aromatic N) is 4. The van der Waals surface area contributed by atoms with Gasteiger partial charge in [0.05, 0.1) is 56.0 Å². The summed E-state index contributed by atoms with van der Waals surface area (Å²) in [6.45, 7) is 0. The molecule has 0 aliphatic carbocycles. The van der Waals surface area contributed by atoms with Crippen LogP contribution >= 0.6 is 0 Å². The molecule has 0 saturated carbocycles. The van der Waals surface area contributed by atoms with Gasteiger partial charge in [-0.25, -0.2) is 29.5 Å². The molecule has 0 aliphatic heterocycles. The van der Waals surface area contributed by atoms with Gasteiger partial charge in [0.1, 0.15) is 0 Å². The summed E-state index contributed by atoms with van der Waals surface area (Å²) in [4.78, 5) is 42.9. The fourth-order valence-electron chi connectivity index (χ4n) is 6.01. The smallest absolute Gasteiger partial charge is 0.335 e. The number of hydrogen-bond acceptors (Lipinski definition) is 6. The third kappa shape index (κ3) is 5.71. The molecule has 0 radical (unpaired) electrons. The molecule has 8 nitrogen and oxygen atoms in total. The number of carboxylic acid groups (broad SMARTS) is 2. The summed E-state index contributed by atoms with van der Waals surface area (Å²) in [6.07, 6.45) is 0. The minimum Gasteiger partial charge on any atom is -0.478 e. The predicted octanol–water partition coefficient (Wildman–Crippen LogP) is 9.30. The molecule has 0 saturated heterocycles. The Balaban J connectivity index is 1.17. The van der Waals surface area contributed by atoms with Gasteiger partial charge in [0.25, 0.3) is 0 Å². The molecule has 8 aromatic rings. The van der Waals surface area contributed by atoms with Crippen molar-refractivity contribution in [3.63, 3.8) is 0 Å². The predicted molar refractivity (Wildman–Crippen MR) is 194 cm³/mol. The van der Waals surface area contributed by atoms with E-state index >= 15 is 0 Å². The van der Waals surface area contributed by atoms with E-state index < -0.39 is 11.9 Å². The Hall–Kier alpha value is -7.06. The highest BCUT2D eigenvalue weighted by molar-refractivity contribution is 5.95. The lowest BCUT2D eigenvalue weighted by Crippen LogP contribution is -1.99. The van der Waals surface area contributed by atoms with E-state index in [4.69, 9.17) is 19.9 Å². The average molecular weight is 651 g/mol. The van der Waals surface area contributed by atoms with Crippen molar-refractivity contribution in [3.8, 4) is 56.2 Å². The van der Waals surface area contributed by atoms with Crippen molar-refractivity contribution in [3.05, 3.63) is 157 Å². The second-order valence-corrected chi connectivity index (χ2v) is 11.7. The Labute approximate surface area is 286 Å². The number of aromatic carboxylic acids is 2. The van der Waals surface area contributed by atoms with Crippen LogP contribution in [0.4, 0.5) is 0 Å². The summed E-state index contributed by atoms with van der Waals surface area (Å²) in [6, 6.07) is 45.2. The quantitative estimate of drug-likeness (QED) is 0.175. The van der Waals surface area contributed by atoms with Crippen LogP contribution < -0.4 is 0 Å². The molecule has 8 heteroatoms. The normalized spacial score (nSPS) is 11.1. The largest absolute Gasteiger partial charge is 0.478 e. The van der Waals surface area contributed by atoms with E-state index in [1.807, 2.05) is 109 Å². The third-order valence-corrected chi connectivity index (χ3v) is 8.57. The first-order valence-corrected chi connectivity index (χ1v) is 15.8. The van der Waals surface area contributed by atoms with E-state index in [2.05, 4.69) is 0 Å². The van der Waals surface area contributed by atoms with Crippen LogP contribution in [0, 0.1) is 0 Å². The van der Waals surface area contributed by atoms with Gasteiger partial charge in [-0.15, -0.1) is 0 Å². The van der Waals surface area contributed by atoms with Crippen molar-refractivity contribution in [2.24, 2.45) is 0 Å². The van der Waals surface area contributed by atoms with E-state index in [1.54, 1.807) is 24.3 Å². The second kappa shape index (κ2) is 12.5. The standard InChI is InChI=1S/C42H26N4O4/c47-41(48)31-19-21-33-35(23-31)45-39(37(43-33)27-7-3-1-4-8-27)29-15-11-25(12-16-29)26-13-17-30(18-14-26)40-38(28-9-5-2-6-10-28)44-34-22-20-32(42(49)50)24-36(34)46-40/h1-24H,(H,47,48)(H,49,50). The molecule has 238 valence electrons. The lowest BCUT2D eigenvalue weighted by molar-refractivity contribution is 0.0686. The zero-order valence-corrected chi connectivity index (χ0v) is 26.4. The molecule has 0 bridgehead atoms. The molecule has 2 aromatic heterocycles. The first-order chi connectivity index (χ1) is 24.4. The molecule has 0 spiro atoms. The topological polar surface area (TPSA) is 126 Å². The minimum absolute atomic E-state index is 0.152. The van der Waals surface area contributed by atoms with Gasteiger partial charge in [0, 0.05) is 22.3 Å². The molecule has 2 N–H and O–H groups in total. The van der Waals surface area contributed by atoms with Crippen LogP contribution in [0.5, 0.6) is 0 Å². The highest BCUT2D eigenvalue weighted by atomic mass is 16.4. The fourth-order valence-corrected chi connectivity index (χ4v) is 6.01. The minimum atomic E-state index is -1.02. The Bertz CT molecular complexity index is 2390. The molecule has 0 unspecified atom stereocenters. The van der Waals surface area contributed by atoms with Crippen LogP contribution in [0.3, 0.4) is 0 Å². The van der Waals surface area contributed by atoms with Crippen LogP contribution in [-0.2, 0) is 0 Å². The van der Waals surface area contributed by atoms with Crippen molar-refractivity contribution >= 4 is 34.0 Å². The molecule has 0 fully saturated rings. The molecular weight excluding hydrogens is 624 g/mol.